The van der Waals surface area contributed by atoms with Crippen LogP contribution in [0.25, 0.3) is 0 Å². The van der Waals surface area contributed by atoms with Crippen LogP contribution in [0.4, 0.5) is 10.5 Å². The third-order valence-corrected chi connectivity index (χ3v) is 5.91. The Labute approximate surface area is 170 Å². The summed E-state index contributed by atoms with van der Waals surface area (Å²) in [7, 11) is 1.12. The summed E-state index contributed by atoms with van der Waals surface area (Å²) in [6.07, 6.45) is -1.38. The monoisotopic (exact) mass is 420 g/mol. The number of hydrogen-bond donors (Lipinski definition) is 2. The lowest BCUT2D eigenvalue weighted by molar-refractivity contribution is -0.387. The first-order valence-electron chi connectivity index (χ1n) is 8.58. The molecule has 0 fully saturated rings. The average Bonchev–Trinajstić information content (AvgIpc) is 2.71. The lowest BCUT2D eigenvalue weighted by Crippen LogP contribution is -2.44. The molecule has 2 aromatic carbocycles. The fourth-order valence-electron chi connectivity index (χ4n) is 2.85. The summed E-state index contributed by atoms with van der Waals surface area (Å²) in [5, 5.41) is 21.6. The average molecular weight is 420 g/mol. The Morgan fingerprint density at radius 3 is 2.38 bits per heavy atom. The molecule has 2 unspecified atom stereocenters. The quantitative estimate of drug-likeness (QED) is 0.275. The molecule has 2 rings (SSSR count). The second kappa shape index (κ2) is 10.4. The highest BCUT2D eigenvalue weighted by molar-refractivity contribution is 7.92. The molecule has 0 aliphatic carbocycles. The molecule has 0 radical (unpaired) electrons. The largest absolute Gasteiger partial charge is 0.611 e. The first-order valence-corrected chi connectivity index (χ1v) is 9.80. The number of rotatable bonds is 9. The first-order chi connectivity index (χ1) is 13.8. The Balaban J connectivity index is 2.39. The van der Waals surface area contributed by atoms with Gasteiger partial charge in [-0.15, -0.1) is 0 Å². The molecule has 154 valence electrons. The van der Waals surface area contributed by atoms with Gasteiger partial charge in [0, 0.05) is 25.0 Å². The predicted molar refractivity (Wildman–Crippen MR) is 105 cm³/mol. The second-order valence-corrected chi connectivity index (χ2v) is 7.80. The van der Waals surface area contributed by atoms with Crippen molar-refractivity contribution < 1.29 is 28.9 Å². The highest BCUT2D eigenvalue weighted by Crippen LogP contribution is 2.30. The zero-order valence-corrected chi connectivity index (χ0v) is 16.3. The van der Waals surface area contributed by atoms with Crippen LogP contribution in [0, 0.1) is 10.1 Å². The van der Waals surface area contributed by atoms with E-state index in [9.17, 15) is 24.3 Å². The molecule has 0 aliphatic rings. The molecule has 2 N–H and O–H groups in total. The van der Waals surface area contributed by atoms with E-state index in [-0.39, 0.29) is 23.4 Å². The number of methoxy groups -OCH3 is 1. The van der Waals surface area contributed by atoms with E-state index in [1.807, 2.05) is 0 Å². The van der Waals surface area contributed by atoms with Crippen LogP contribution in [0.2, 0.25) is 0 Å². The van der Waals surface area contributed by atoms with Gasteiger partial charge in [0.2, 0.25) is 4.90 Å². The summed E-state index contributed by atoms with van der Waals surface area (Å²) in [5.41, 5.74) is 0.494. The van der Waals surface area contributed by atoms with Crippen molar-refractivity contribution in [1.82, 2.24) is 5.32 Å². The Hall–Kier alpha value is -3.11. The van der Waals surface area contributed by atoms with Crippen LogP contribution >= 0.6 is 0 Å². The summed E-state index contributed by atoms with van der Waals surface area (Å²) in [6, 6.07) is 13.3. The summed E-state index contributed by atoms with van der Waals surface area (Å²) < 4.78 is 17.9. The first kappa shape index (κ1) is 22.2. The van der Waals surface area contributed by atoms with Gasteiger partial charge in [0.25, 0.3) is 0 Å². The number of para-hydroxylation sites is 1. The van der Waals surface area contributed by atoms with Crippen LogP contribution in [-0.4, -0.2) is 45.0 Å². The number of carboxylic acid groups (broad SMARTS) is 1. The van der Waals surface area contributed by atoms with E-state index in [4.69, 9.17) is 5.11 Å². The van der Waals surface area contributed by atoms with Crippen LogP contribution in [0.5, 0.6) is 0 Å². The van der Waals surface area contributed by atoms with Gasteiger partial charge >= 0.3 is 17.7 Å². The molecule has 0 spiro atoms. The normalized spacial score (nSPS) is 13.7. The molecule has 10 heteroatoms. The smallest absolute Gasteiger partial charge is 0.405 e. The van der Waals surface area contributed by atoms with E-state index >= 15 is 0 Å². The van der Waals surface area contributed by atoms with Gasteiger partial charge in [-0.05, 0) is 16.7 Å². The van der Waals surface area contributed by atoms with Gasteiger partial charge in [0.05, 0.1) is 12.0 Å². The molecule has 0 saturated heterocycles. The molecule has 0 heterocycles. The highest BCUT2D eigenvalue weighted by atomic mass is 32.2. The van der Waals surface area contributed by atoms with E-state index in [1.54, 1.807) is 30.3 Å². The molecule has 0 aromatic heterocycles. The van der Waals surface area contributed by atoms with Crippen molar-refractivity contribution >= 4 is 28.9 Å². The summed E-state index contributed by atoms with van der Waals surface area (Å²) >= 11 is -1.89. The van der Waals surface area contributed by atoms with Crippen LogP contribution in [0.3, 0.4) is 0 Å². The van der Waals surface area contributed by atoms with Crippen molar-refractivity contribution in [1.29, 1.82) is 0 Å². The molecule has 0 saturated carbocycles. The van der Waals surface area contributed by atoms with E-state index in [0.29, 0.717) is 0 Å². The lowest BCUT2D eigenvalue weighted by atomic mass is 10.0. The fourth-order valence-corrected chi connectivity index (χ4v) is 4.48. The standard InChI is InChI=1S/C19H20N2O7S/c1-28-18(22)15(20-19(23)24)12-14(11-13-7-3-2-4-8-13)29(27)17-10-6-5-9-16(17)21(25)26/h2-10,14-15,20H,11-12H2,1H3,(H,23,24)/t14-,15?,29?/m1/s1. The van der Waals surface area contributed by atoms with Crippen molar-refractivity contribution in [3.05, 3.63) is 70.3 Å². The van der Waals surface area contributed by atoms with E-state index in [2.05, 4.69) is 10.1 Å². The Morgan fingerprint density at radius 1 is 1.17 bits per heavy atom. The molecular weight excluding hydrogens is 400 g/mol. The maximum Gasteiger partial charge on any atom is 0.405 e. The van der Waals surface area contributed by atoms with Crippen molar-refractivity contribution in [2.75, 3.05) is 7.11 Å². The van der Waals surface area contributed by atoms with Crippen LogP contribution in [-0.2, 0) is 27.1 Å². The van der Waals surface area contributed by atoms with Gasteiger partial charge in [0.1, 0.15) is 11.3 Å². The lowest BCUT2D eigenvalue weighted by Gasteiger charge is -2.24. The van der Waals surface area contributed by atoms with E-state index < -0.39 is 39.5 Å². The topological polar surface area (TPSA) is 142 Å². The number of esters is 1. The minimum atomic E-state index is -1.89. The summed E-state index contributed by atoms with van der Waals surface area (Å²) in [4.78, 5) is 33.8. The van der Waals surface area contributed by atoms with E-state index in [0.717, 1.165) is 12.7 Å². The zero-order chi connectivity index (χ0) is 21.4. The van der Waals surface area contributed by atoms with Crippen molar-refractivity contribution in [2.24, 2.45) is 0 Å². The maximum atomic E-state index is 13.3. The van der Waals surface area contributed by atoms with Crippen molar-refractivity contribution in [2.45, 2.75) is 29.0 Å². The number of carbonyl (C=O) groups excluding carboxylic acids is 1. The summed E-state index contributed by atoms with van der Waals surface area (Å²) in [6.45, 7) is 0. The van der Waals surface area contributed by atoms with E-state index in [1.165, 1.54) is 24.3 Å². The number of benzene rings is 2. The number of nitro benzene ring substituents is 1. The van der Waals surface area contributed by atoms with Gasteiger partial charge in [-0.2, -0.15) is 0 Å². The molecule has 0 bridgehead atoms. The number of ether oxygens (including phenoxy) is 1. The molecule has 1 amide bonds. The molecule has 9 nitrogen and oxygen atoms in total. The fraction of sp³-hybridized carbons (Fsp3) is 0.263. The van der Waals surface area contributed by atoms with Crippen LogP contribution in [0.15, 0.2) is 59.5 Å². The zero-order valence-electron chi connectivity index (χ0n) is 15.5. The third-order valence-electron chi connectivity index (χ3n) is 4.17. The SMILES string of the molecule is COC(=O)C(C[C@@H](Cc1ccccc1)[S+]([O-])c1ccccc1[N+](=O)[O-])NC(=O)O. The molecule has 29 heavy (non-hydrogen) atoms. The number of nitro groups is 1. The Morgan fingerprint density at radius 2 is 1.79 bits per heavy atom. The number of amides is 1. The third kappa shape index (κ3) is 6.19. The molecular formula is C19H20N2O7S. The number of hydrogen-bond acceptors (Lipinski definition) is 6. The minimum Gasteiger partial charge on any atom is -0.611 e. The highest BCUT2D eigenvalue weighted by Gasteiger charge is 2.36. The van der Waals surface area contributed by atoms with Crippen molar-refractivity contribution in [3.63, 3.8) is 0 Å². The number of nitrogens with one attached hydrogen (secondary N) is 1. The van der Waals surface area contributed by atoms with Gasteiger partial charge < -0.3 is 19.7 Å². The predicted octanol–water partition coefficient (Wildman–Crippen LogP) is 2.51. The Bertz CT molecular complexity index is 863. The number of carbonyl (C=O) groups is 2. The molecule has 2 aromatic rings. The van der Waals surface area contributed by atoms with Crippen molar-refractivity contribution in [3.8, 4) is 0 Å². The van der Waals surface area contributed by atoms with Crippen LogP contribution < -0.4 is 5.32 Å². The second-order valence-electron chi connectivity index (χ2n) is 6.09. The summed E-state index contributed by atoms with van der Waals surface area (Å²) in [5.74, 6) is -0.829. The minimum absolute atomic E-state index is 0.0115. The van der Waals surface area contributed by atoms with Gasteiger partial charge in [-0.3, -0.25) is 10.1 Å². The van der Waals surface area contributed by atoms with Gasteiger partial charge in [0.15, 0.2) is 0 Å². The molecule has 3 atom stereocenters. The Kier molecular flexibility index (Phi) is 7.98. The van der Waals surface area contributed by atoms with Crippen LogP contribution in [0.1, 0.15) is 12.0 Å². The number of nitrogens with zero attached hydrogens (tertiary/aromatic N) is 1. The van der Waals surface area contributed by atoms with Gasteiger partial charge in [-0.25, -0.2) is 9.59 Å². The molecule has 0 aliphatic heterocycles. The maximum absolute atomic E-state index is 13.3. The van der Waals surface area contributed by atoms with Gasteiger partial charge in [-0.1, -0.05) is 42.5 Å².